The van der Waals surface area contributed by atoms with Gasteiger partial charge in [0.2, 0.25) is 5.91 Å². The Morgan fingerprint density at radius 3 is 2.55 bits per heavy atom. The minimum atomic E-state index is -0.254. The van der Waals surface area contributed by atoms with E-state index >= 15 is 0 Å². The van der Waals surface area contributed by atoms with E-state index in [1.807, 2.05) is 0 Å². The Kier molecular flexibility index (Phi) is 2.34. The van der Waals surface area contributed by atoms with Crippen molar-refractivity contribution in [3.63, 3.8) is 0 Å². The van der Waals surface area contributed by atoms with E-state index in [0.29, 0.717) is 12.4 Å². The number of carbonyl (C=O) groups excluding carboxylic acids is 2. The van der Waals surface area contributed by atoms with E-state index in [9.17, 15) is 9.59 Å². The van der Waals surface area contributed by atoms with E-state index in [1.54, 1.807) is 7.05 Å². The smallest absolute Gasteiger partial charge is 0.318 e. The summed E-state index contributed by atoms with van der Waals surface area (Å²) >= 11 is 5.40. The normalized spacial score (nSPS) is 18.4. The number of urea groups is 1. The molecule has 1 saturated heterocycles. The lowest BCUT2D eigenvalue weighted by molar-refractivity contribution is -0.125. The summed E-state index contributed by atoms with van der Waals surface area (Å²) in [5, 5.41) is 0. The molecule has 0 aromatic heterocycles. The Balaban J connectivity index is 2.64. The molecule has 0 bridgehead atoms. The van der Waals surface area contributed by atoms with Crippen LogP contribution in [0.2, 0.25) is 0 Å². The third kappa shape index (κ3) is 1.45. The molecule has 1 heterocycles. The van der Waals surface area contributed by atoms with Crippen molar-refractivity contribution in [2.45, 2.75) is 0 Å². The fourth-order valence-electron chi connectivity index (χ4n) is 0.973. The second kappa shape index (κ2) is 3.09. The van der Waals surface area contributed by atoms with Gasteiger partial charge < -0.3 is 4.90 Å². The molecule has 0 saturated carbocycles. The van der Waals surface area contributed by atoms with Gasteiger partial charge in [-0.05, 0) is 0 Å². The summed E-state index contributed by atoms with van der Waals surface area (Å²) in [6, 6.07) is -0.254. The molecule has 0 aromatic carbocycles. The number of hydrogen-bond donors (Lipinski definition) is 0. The van der Waals surface area contributed by atoms with E-state index in [1.165, 1.54) is 4.90 Å². The highest BCUT2D eigenvalue weighted by atomic mass is 35.5. The largest absolute Gasteiger partial charge is 0.326 e. The lowest BCUT2D eigenvalue weighted by Gasteiger charge is -2.11. The number of imide groups is 1. The van der Waals surface area contributed by atoms with Gasteiger partial charge in [-0.25, -0.2) is 4.79 Å². The van der Waals surface area contributed by atoms with E-state index in [0.717, 1.165) is 4.90 Å². The Bertz CT molecular complexity index is 195. The first-order valence-electron chi connectivity index (χ1n) is 3.28. The number of amides is 3. The quantitative estimate of drug-likeness (QED) is 0.443. The first-order valence-corrected chi connectivity index (χ1v) is 3.81. The molecule has 4 nitrogen and oxygen atoms in total. The fraction of sp³-hybridized carbons (Fsp3) is 0.667. The zero-order chi connectivity index (χ0) is 8.43. The van der Waals surface area contributed by atoms with Crippen molar-refractivity contribution in [3.8, 4) is 0 Å². The van der Waals surface area contributed by atoms with Crippen molar-refractivity contribution in [2.24, 2.45) is 0 Å². The predicted octanol–water partition coefficient (Wildman–Crippen LogP) is 0.119. The second-order valence-electron chi connectivity index (χ2n) is 2.37. The highest BCUT2D eigenvalue weighted by Gasteiger charge is 2.32. The summed E-state index contributed by atoms with van der Waals surface area (Å²) in [7, 11) is 1.59. The first-order chi connectivity index (χ1) is 5.16. The van der Waals surface area contributed by atoms with Gasteiger partial charge >= 0.3 is 6.03 Å². The maximum Gasteiger partial charge on any atom is 0.326 e. The highest BCUT2D eigenvalue weighted by molar-refractivity contribution is 6.18. The minimum absolute atomic E-state index is 0.168. The van der Waals surface area contributed by atoms with Gasteiger partial charge in [-0.2, -0.15) is 0 Å². The third-order valence-electron chi connectivity index (χ3n) is 1.54. The summed E-state index contributed by atoms with van der Waals surface area (Å²) in [5.74, 6) is 0.129. The zero-order valence-corrected chi connectivity index (χ0v) is 6.97. The predicted molar refractivity (Wildman–Crippen MR) is 40.5 cm³/mol. The molecule has 0 spiro atoms. The van der Waals surface area contributed by atoms with Crippen LogP contribution in [0.3, 0.4) is 0 Å². The number of nitrogens with zero attached hydrogens (tertiary/aromatic N) is 2. The molecule has 62 valence electrons. The van der Waals surface area contributed by atoms with Crippen LogP contribution in [0.15, 0.2) is 0 Å². The average Bonchev–Trinajstić information content (AvgIpc) is 2.17. The Hall–Kier alpha value is -0.770. The molecule has 11 heavy (non-hydrogen) atoms. The van der Waals surface area contributed by atoms with Crippen LogP contribution in [0.4, 0.5) is 4.79 Å². The Morgan fingerprint density at radius 2 is 2.18 bits per heavy atom. The molecule has 0 radical (unpaired) electrons. The molecule has 1 rings (SSSR count). The van der Waals surface area contributed by atoms with Crippen molar-refractivity contribution < 1.29 is 9.59 Å². The number of likely N-dealkylation sites (N-methyl/N-ethyl adjacent to an activating group) is 1. The fourth-order valence-corrected chi connectivity index (χ4v) is 1.14. The molecule has 1 fully saturated rings. The van der Waals surface area contributed by atoms with Gasteiger partial charge in [0.05, 0.1) is 0 Å². The third-order valence-corrected chi connectivity index (χ3v) is 1.71. The van der Waals surface area contributed by atoms with Gasteiger partial charge in [-0.15, -0.1) is 11.6 Å². The van der Waals surface area contributed by atoms with Gasteiger partial charge in [0, 0.05) is 19.5 Å². The number of alkyl halides is 1. The van der Waals surface area contributed by atoms with Crippen molar-refractivity contribution in [2.75, 3.05) is 26.0 Å². The van der Waals surface area contributed by atoms with Crippen LogP contribution in [0.5, 0.6) is 0 Å². The van der Waals surface area contributed by atoms with Crippen molar-refractivity contribution in [1.29, 1.82) is 0 Å². The van der Waals surface area contributed by atoms with E-state index < -0.39 is 0 Å². The number of rotatable bonds is 2. The van der Waals surface area contributed by atoms with Gasteiger partial charge in [-0.3, -0.25) is 9.69 Å². The summed E-state index contributed by atoms with van der Waals surface area (Å²) in [5.41, 5.74) is 0. The first kappa shape index (κ1) is 8.33. The molecular weight excluding hydrogens is 168 g/mol. The van der Waals surface area contributed by atoms with E-state index in [2.05, 4.69) is 0 Å². The average molecular weight is 177 g/mol. The van der Waals surface area contributed by atoms with Crippen molar-refractivity contribution >= 4 is 23.5 Å². The SMILES string of the molecule is CN1CC(=O)N(CCCl)C1=O. The molecule has 1 aliphatic rings. The summed E-state index contributed by atoms with van der Waals surface area (Å²) in [4.78, 5) is 24.6. The molecule has 0 N–H and O–H groups in total. The minimum Gasteiger partial charge on any atom is -0.318 e. The molecule has 1 aliphatic heterocycles. The Labute approximate surface area is 69.7 Å². The van der Waals surface area contributed by atoms with Crippen LogP contribution in [-0.4, -0.2) is 47.8 Å². The number of halogens is 1. The lowest BCUT2D eigenvalue weighted by Crippen LogP contribution is -2.33. The van der Waals surface area contributed by atoms with Gasteiger partial charge in [0.1, 0.15) is 6.54 Å². The van der Waals surface area contributed by atoms with E-state index in [-0.39, 0.29) is 18.5 Å². The summed E-state index contributed by atoms with van der Waals surface area (Å²) in [6.45, 7) is 0.485. The van der Waals surface area contributed by atoms with Crippen LogP contribution in [0.25, 0.3) is 0 Å². The van der Waals surface area contributed by atoms with Crippen LogP contribution in [0.1, 0.15) is 0 Å². The standard InChI is InChI=1S/C6H9ClN2O2/c1-8-4-5(10)9(3-2-7)6(8)11/h2-4H2,1H3. The van der Waals surface area contributed by atoms with Gasteiger partial charge in [0.25, 0.3) is 0 Å². The van der Waals surface area contributed by atoms with Crippen LogP contribution < -0.4 is 0 Å². The van der Waals surface area contributed by atoms with Crippen LogP contribution in [0, 0.1) is 0 Å². The van der Waals surface area contributed by atoms with Crippen molar-refractivity contribution in [3.05, 3.63) is 0 Å². The molecule has 5 heteroatoms. The second-order valence-corrected chi connectivity index (χ2v) is 2.75. The molecule has 0 aromatic rings. The monoisotopic (exact) mass is 176 g/mol. The van der Waals surface area contributed by atoms with E-state index in [4.69, 9.17) is 11.6 Å². The maximum absolute atomic E-state index is 11.1. The molecule has 0 atom stereocenters. The van der Waals surface area contributed by atoms with Crippen LogP contribution in [-0.2, 0) is 4.79 Å². The van der Waals surface area contributed by atoms with Crippen molar-refractivity contribution in [1.82, 2.24) is 9.80 Å². The summed E-state index contributed by atoms with van der Waals surface area (Å²) < 4.78 is 0. The molecule has 3 amide bonds. The number of hydrogen-bond acceptors (Lipinski definition) is 2. The molecule has 0 aliphatic carbocycles. The van der Waals surface area contributed by atoms with Crippen LogP contribution >= 0.6 is 11.6 Å². The highest BCUT2D eigenvalue weighted by Crippen LogP contribution is 2.06. The van der Waals surface area contributed by atoms with Gasteiger partial charge in [-0.1, -0.05) is 0 Å². The molecule has 0 unspecified atom stereocenters. The maximum atomic E-state index is 11.1. The number of carbonyl (C=O) groups is 2. The lowest BCUT2D eigenvalue weighted by atomic mass is 10.5. The topological polar surface area (TPSA) is 40.6 Å². The Morgan fingerprint density at radius 1 is 1.55 bits per heavy atom. The zero-order valence-electron chi connectivity index (χ0n) is 6.21. The van der Waals surface area contributed by atoms with Gasteiger partial charge in [0.15, 0.2) is 0 Å². The summed E-state index contributed by atoms with van der Waals surface area (Å²) in [6.07, 6.45) is 0. The molecular formula is C6H9ClN2O2.